The molecule has 1 aromatic rings. The Bertz CT molecular complexity index is 735. The number of rotatable bonds is 10. The first-order valence-corrected chi connectivity index (χ1v) is 11.5. The Morgan fingerprint density at radius 3 is 2.50 bits per heavy atom. The summed E-state index contributed by atoms with van der Waals surface area (Å²) in [7, 11) is -3.75. The lowest BCUT2D eigenvalue weighted by Crippen LogP contribution is -2.39. The molecule has 0 radical (unpaired) electrons. The predicted molar refractivity (Wildman–Crippen MR) is 112 cm³/mol. The largest absolute Gasteiger partial charge is 0.388 e. The SMILES string of the molecule is CC(C)N(CCCNS(=O)(=O)c1cc(Cl)ccc1N[C@@H]1COC[C@H]1O)C(C)C. The molecule has 0 saturated carbocycles. The number of aliphatic hydroxyl groups excluding tert-OH is 1. The predicted octanol–water partition coefficient (Wildman–Crippen LogP) is 2.30. The highest BCUT2D eigenvalue weighted by Crippen LogP contribution is 2.27. The zero-order chi connectivity index (χ0) is 20.9. The van der Waals surface area contributed by atoms with Gasteiger partial charge in [0.2, 0.25) is 10.0 Å². The second kappa shape index (κ2) is 10.2. The van der Waals surface area contributed by atoms with E-state index in [4.69, 9.17) is 16.3 Å². The smallest absolute Gasteiger partial charge is 0.242 e. The molecule has 3 N–H and O–H groups in total. The van der Waals surface area contributed by atoms with Gasteiger partial charge >= 0.3 is 0 Å². The van der Waals surface area contributed by atoms with E-state index in [1.54, 1.807) is 12.1 Å². The highest BCUT2D eigenvalue weighted by molar-refractivity contribution is 7.89. The van der Waals surface area contributed by atoms with Gasteiger partial charge in [0.15, 0.2) is 0 Å². The van der Waals surface area contributed by atoms with Gasteiger partial charge in [-0.1, -0.05) is 11.6 Å². The number of ether oxygens (including phenoxy) is 1. The van der Waals surface area contributed by atoms with Crippen LogP contribution in [0.25, 0.3) is 0 Å². The summed E-state index contributed by atoms with van der Waals surface area (Å²) >= 11 is 6.04. The van der Waals surface area contributed by atoms with Crippen LogP contribution in [0.2, 0.25) is 5.02 Å². The van der Waals surface area contributed by atoms with Crippen molar-refractivity contribution in [2.75, 3.05) is 31.6 Å². The van der Waals surface area contributed by atoms with Crippen LogP contribution in [0, 0.1) is 0 Å². The average molecular weight is 434 g/mol. The zero-order valence-corrected chi connectivity index (χ0v) is 18.6. The minimum Gasteiger partial charge on any atom is -0.388 e. The second-order valence-electron chi connectivity index (χ2n) is 7.67. The molecule has 1 aromatic carbocycles. The Morgan fingerprint density at radius 2 is 1.93 bits per heavy atom. The average Bonchev–Trinajstić information content (AvgIpc) is 3.00. The Balaban J connectivity index is 2.04. The van der Waals surface area contributed by atoms with E-state index in [0.29, 0.717) is 42.4 Å². The van der Waals surface area contributed by atoms with Crippen molar-refractivity contribution < 1.29 is 18.3 Å². The Morgan fingerprint density at radius 1 is 1.25 bits per heavy atom. The van der Waals surface area contributed by atoms with Gasteiger partial charge in [0.05, 0.1) is 31.0 Å². The third kappa shape index (κ3) is 6.30. The summed E-state index contributed by atoms with van der Waals surface area (Å²) in [6, 6.07) is 5.10. The van der Waals surface area contributed by atoms with E-state index < -0.39 is 16.1 Å². The molecular formula is C19H32ClN3O4S. The van der Waals surface area contributed by atoms with E-state index in [1.165, 1.54) is 6.07 Å². The van der Waals surface area contributed by atoms with Crippen LogP contribution < -0.4 is 10.0 Å². The maximum absolute atomic E-state index is 12.9. The molecular weight excluding hydrogens is 402 g/mol. The molecule has 1 aliphatic rings. The molecule has 9 heteroatoms. The maximum Gasteiger partial charge on any atom is 0.242 e. The Labute approximate surface area is 173 Å². The number of benzene rings is 1. The second-order valence-corrected chi connectivity index (χ2v) is 9.84. The molecule has 28 heavy (non-hydrogen) atoms. The molecule has 0 aromatic heterocycles. The van der Waals surface area contributed by atoms with Crippen molar-refractivity contribution in [3.05, 3.63) is 23.2 Å². The first kappa shape index (κ1) is 23.4. The molecule has 0 unspecified atom stereocenters. The van der Waals surface area contributed by atoms with Crippen molar-refractivity contribution in [1.82, 2.24) is 9.62 Å². The van der Waals surface area contributed by atoms with Crippen molar-refractivity contribution >= 4 is 27.3 Å². The van der Waals surface area contributed by atoms with Crippen LogP contribution >= 0.6 is 11.6 Å². The summed E-state index contributed by atoms with van der Waals surface area (Å²) in [5.74, 6) is 0. The normalized spacial score (nSPS) is 20.5. The van der Waals surface area contributed by atoms with E-state index >= 15 is 0 Å². The molecule has 160 valence electrons. The molecule has 7 nitrogen and oxygen atoms in total. The van der Waals surface area contributed by atoms with Crippen molar-refractivity contribution in [2.24, 2.45) is 0 Å². The lowest BCUT2D eigenvalue weighted by molar-refractivity contribution is 0.125. The fourth-order valence-electron chi connectivity index (χ4n) is 3.38. The van der Waals surface area contributed by atoms with Gasteiger partial charge in [-0.15, -0.1) is 0 Å². The van der Waals surface area contributed by atoms with E-state index in [0.717, 1.165) is 6.54 Å². The third-order valence-electron chi connectivity index (χ3n) is 4.84. The number of aliphatic hydroxyl groups is 1. The third-order valence-corrected chi connectivity index (χ3v) is 6.57. The summed E-state index contributed by atoms with van der Waals surface area (Å²) in [5, 5.41) is 13.3. The number of hydrogen-bond acceptors (Lipinski definition) is 6. The van der Waals surface area contributed by atoms with Gasteiger partial charge < -0.3 is 15.2 Å². The van der Waals surface area contributed by atoms with Gasteiger partial charge in [0.1, 0.15) is 4.90 Å². The highest BCUT2D eigenvalue weighted by Gasteiger charge is 2.28. The van der Waals surface area contributed by atoms with E-state index in [1.807, 2.05) is 0 Å². The van der Waals surface area contributed by atoms with Crippen molar-refractivity contribution in [2.45, 2.75) is 63.2 Å². The fourth-order valence-corrected chi connectivity index (χ4v) is 4.88. The number of halogens is 1. The number of sulfonamides is 1. The van der Waals surface area contributed by atoms with Crippen LogP contribution in [0.4, 0.5) is 5.69 Å². The van der Waals surface area contributed by atoms with Crippen LogP contribution in [-0.4, -0.2) is 69.0 Å². The molecule has 2 atom stereocenters. The Kier molecular flexibility index (Phi) is 8.54. The number of nitrogens with zero attached hydrogens (tertiary/aromatic N) is 1. The monoisotopic (exact) mass is 433 g/mol. The summed E-state index contributed by atoms with van der Waals surface area (Å²) in [6.07, 6.45) is 0.0194. The fraction of sp³-hybridized carbons (Fsp3) is 0.684. The number of hydrogen-bond donors (Lipinski definition) is 3. The highest BCUT2D eigenvalue weighted by atomic mass is 35.5. The van der Waals surface area contributed by atoms with Crippen LogP contribution in [0.15, 0.2) is 23.1 Å². The number of anilines is 1. The molecule has 1 heterocycles. The van der Waals surface area contributed by atoms with Crippen LogP contribution in [0.5, 0.6) is 0 Å². The van der Waals surface area contributed by atoms with Gasteiger partial charge in [-0.25, -0.2) is 13.1 Å². The Hall–Kier alpha value is -0.900. The van der Waals surface area contributed by atoms with Gasteiger partial charge in [0.25, 0.3) is 0 Å². The molecule has 1 aliphatic heterocycles. The van der Waals surface area contributed by atoms with Crippen LogP contribution in [-0.2, 0) is 14.8 Å². The first-order valence-electron chi connectivity index (χ1n) is 9.69. The molecule has 1 fully saturated rings. The minimum atomic E-state index is -3.75. The standard InChI is InChI=1S/C19H32ClN3O4S/c1-13(2)23(14(3)4)9-5-8-21-28(25,26)19-10-15(20)6-7-16(19)22-17-11-27-12-18(17)24/h6-7,10,13-14,17-18,21-22,24H,5,8-9,11-12H2,1-4H3/t17-,18-/m1/s1. The lowest BCUT2D eigenvalue weighted by Gasteiger charge is -2.30. The zero-order valence-electron chi connectivity index (χ0n) is 17.0. The first-order chi connectivity index (χ1) is 13.1. The lowest BCUT2D eigenvalue weighted by atomic mass is 10.2. The van der Waals surface area contributed by atoms with E-state index in [9.17, 15) is 13.5 Å². The maximum atomic E-state index is 12.9. The summed E-state index contributed by atoms with van der Waals surface area (Å²) in [4.78, 5) is 2.39. The molecule has 0 amide bonds. The molecule has 0 bridgehead atoms. The van der Waals surface area contributed by atoms with Crippen LogP contribution in [0.1, 0.15) is 34.1 Å². The van der Waals surface area contributed by atoms with Crippen molar-refractivity contribution in [1.29, 1.82) is 0 Å². The molecule has 1 saturated heterocycles. The summed E-state index contributed by atoms with van der Waals surface area (Å²) < 4.78 is 33.6. The molecule has 2 rings (SSSR count). The molecule has 0 aliphatic carbocycles. The summed E-state index contributed by atoms with van der Waals surface area (Å²) in [5.41, 5.74) is 0.400. The van der Waals surface area contributed by atoms with Gasteiger partial charge in [0, 0.05) is 23.7 Å². The van der Waals surface area contributed by atoms with Gasteiger partial charge in [-0.2, -0.15) is 0 Å². The van der Waals surface area contributed by atoms with Crippen molar-refractivity contribution in [3.63, 3.8) is 0 Å². The topological polar surface area (TPSA) is 90.9 Å². The van der Waals surface area contributed by atoms with Crippen molar-refractivity contribution in [3.8, 4) is 0 Å². The van der Waals surface area contributed by atoms with E-state index in [2.05, 4.69) is 42.6 Å². The van der Waals surface area contributed by atoms with E-state index in [-0.39, 0.29) is 17.5 Å². The quantitative estimate of drug-likeness (QED) is 0.490. The summed E-state index contributed by atoms with van der Waals surface area (Å²) in [6.45, 7) is 10.2. The van der Waals surface area contributed by atoms with Crippen LogP contribution in [0.3, 0.4) is 0 Å². The van der Waals surface area contributed by atoms with Gasteiger partial charge in [-0.3, -0.25) is 4.90 Å². The van der Waals surface area contributed by atoms with Gasteiger partial charge in [-0.05, 0) is 58.9 Å². The number of nitrogens with one attached hydrogen (secondary N) is 2. The molecule has 0 spiro atoms. The minimum absolute atomic E-state index is 0.0728.